The van der Waals surface area contributed by atoms with Gasteiger partial charge in [0.05, 0.1) is 0 Å². The predicted molar refractivity (Wildman–Crippen MR) is 60.5 cm³/mol. The number of Topliss-reactive ketones (excluding diaryl/α,β-unsaturated/α-hetero) is 1. The summed E-state index contributed by atoms with van der Waals surface area (Å²) in [4.78, 5) is 11.6. The largest absolute Gasteiger partial charge is 0.488 e. The van der Waals surface area contributed by atoms with Gasteiger partial charge in [-0.3, -0.25) is 4.79 Å². The van der Waals surface area contributed by atoms with E-state index in [2.05, 4.69) is 0 Å². The van der Waals surface area contributed by atoms with Gasteiger partial charge in [0.25, 0.3) is 6.43 Å². The SMILES string of the molecule is CCC(=O)c1ccc(OCC(F)F)cc1CN. The number of ether oxygens (including phenoxy) is 1. The average molecular weight is 243 g/mol. The van der Waals surface area contributed by atoms with Crippen molar-refractivity contribution in [3.8, 4) is 5.75 Å². The van der Waals surface area contributed by atoms with Crippen molar-refractivity contribution in [3.05, 3.63) is 29.3 Å². The number of carbonyl (C=O) groups is 1. The highest BCUT2D eigenvalue weighted by atomic mass is 19.3. The minimum atomic E-state index is -2.52. The van der Waals surface area contributed by atoms with E-state index in [1.807, 2.05) is 0 Å². The van der Waals surface area contributed by atoms with Crippen molar-refractivity contribution in [3.63, 3.8) is 0 Å². The van der Waals surface area contributed by atoms with E-state index in [1.54, 1.807) is 13.0 Å². The molecule has 0 bridgehead atoms. The van der Waals surface area contributed by atoms with Gasteiger partial charge >= 0.3 is 0 Å². The molecule has 0 fully saturated rings. The number of carbonyl (C=O) groups excluding carboxylic acids is 1. The van der Waals surface area contributed by atoms with Crippen molar-refractivity contribution >= 4 is 5.78 Å². The van der Waals surface area contributed by atoms with E-state index in [-0.39, 0.29) is 12.3 Å². The first-order valence-corrected chi connectivity index (χ1v) is 5.35. The van der Waals surface area contributed by atoms with Crippen LogP contribution in [-0.4, -0.2) is 18.8 Å². The Hall–Kier alpha value is -1.49. The van der Waals surface area contributed by atoms with E-state index in [0.29, 0.717) is 23.3 Å². The van der Waals surface area contributed by atoms with Gasteiger partial charge < -0.3 is 10.5 Å². The zero-order chi connectivity index (χ0) is 12.8. The van der Waals surface area contributed by atoms with Crippen LogP contribution in [0.1, 0.15) is 29.3 Å². The molecular formula is C12H15F2NO2. The molecule has 2 N–H and O–H groups in total. The number of alkyl halides is 2. The Bertz CT molecular complexity index is 394. The average Bonchev–Trinajstić information content (AvgIpc) is 2.34. The molecule has 17 heavy (non-hydrogen) atoms. The summed E-state index contributed by atoms with van der Waals surface area (Å²) in [6, 6.07) is 4.60. The fourth-order valence-corrected chi connectivity index (χ4v) is 1.45. The topological polar surface area (TPSA) is 52.3 Å². The van der Waals surface area contributed by atoms with Gasteiger partial charge in [0.1, 0.15) is 12.4 Å². The molecular weight excluding hydrogens is 228 g/mol. The van der Waals surface area contributed by atoms with Crippen molar-refractivity contribution in [2.24, 2.45) is 5.73 Å². The molecule has 0 heterocycles. The highest BCUT2D eigenvalue weighted by molar-refractivity contribution is 5.97. The summed E-state index contributed by atoms with van der Waals surface area (Å²) in [5, 5.41) is 0. The summed E-state index contributed by atoms with van der Waals surface area (Å²) in [6.07, 6.45) is -2.14. The molecule has 0 unspecified atom stereocenters. The van der Waals surface area contributed by atoms with Crippen LogP contribution < -0.4 is 10.5 Å². The highest BCUT2D eigenvalue weighted by Gasteiger charge is 2.10. The van der Waals surface area contributed by atoms with Crippen LogP contribution >= 0.6 is 0 Å². The van der Waals surface area contributed by atoms with Crippen molar-refractivity contribution in [1.82, 2.24) is 0 Å². The first kappa shape index (κ1) is 13.6. The van der Waals surface area contributed by atoms with E-state index in [9.17, 15) is 13.6 Å². The van der Waals surface area contributed by atoms with Gasteiger partial charge in [0.2, 0.25) is 0 Å². The molecule has 1 rings (SSSR count). The summed E-state index contributed by atoms with van der Waals surface area (Å²) in [6.45, 7) is 1.27. The summed E-state index contributed by atoms with van der Waals surface area (Å²) in [5.74, 6) is 0.282. The van der Waals surface area contributed by atoms with Crippen molar-refractivity contribution in [2.45, 2.75) is 26.3 Å². The lowest BCUT2D eigenvalue weighted by Gasteiger charge is -2.10. The molecule has 0 spiro atoms. The standard InChI is InChI=1S/C12H15F2NO2/c1-2-11(16)10-4-3-9(5-8(10)6-15)17-7-12(13)14/h3-5,12H,2,6-7,15H2,1H3. The molecule has 0 aliphatic carbocycles. The Balaban J connectivity index is 2.88. The summed E-state index contributed by atoms with van der Waals surface area (Å²) in [5.41, 5.74) is 6.65. The first-order chi connectivity index (χ1) is 8.08. The Kier molecular flexibility index (Phi) is 5.03. The number of benzene rings is 1. The molecule has 1 aromatic rings. The Morgan fingerprint density at radius 1 is 1.47 bits per heavy atom. The Morgan fingerprint density at radius 3 is 2.71 bits per heavy atom. The second kappa shape index (κ2) is 6.30. The lowest BCUT2D eigenvalue weighted by atomic mass is 10.0. The van der Waals surface area contributed by atoms with Crippen LogP contribution in [0.5, 0.6) is 5.75 Å². The fourth-order valence-electron chi connectivity index (χ4n) is 1.45. The van der Waals surface area contributed by atoms with Gasteiger partial charge in [-0.05, 0) is 23.8 Å². The molecule has 3 nitrogen and oxygen atoms in total. The maximum absolute atomic E-state index is 12.0. The highest BCUT2D eigenvalue weighted by Crippen LogP contribution is 2.19. The monoisotopic (exact) mass is 243 g/mol. The quantitative estimate of drug-likeness (QED) is 0.780. The second-order valence-electron chi connectivity index (χ2n) is 3.50. The summed E-state index contributed by atoms with van der Waals surface area (Å²) < 4.78 is 28.8. The number of hydrogen-bond acceptors (Lipinski definition) is 3. The van der Waals surface area contributed by atoms with Crippen molar-refractivity contribution in [2.75, 3.05) is 6.61 Å². The minimum Gasteiger partial charge on any atom is -0.488 e. The number of nitrogens with two attached hydrogens (primary N) is 1. The van der Waals surface area contributed by atoms with Crippen LogP contribution in [-0.2, 0) is 6.54 Å². The molecule has 0 radical (unpaired) electrons. The number of halogens is 2. The fraction of sp³-hybridized carbons (Fsp3) is 0.417. The third kappa shape index (κ3) is 3.78. The van der Waals surface area contributed by atoms with Gasteiger partial charge in [0, 0.05) is 18.5 Å². The molecule has 0 atom stereocenters. The van der Waals surface area contributed by atoms with Crippen LogP contribution in [0.4, 0.5) is 8.78 Å². The molecule has 5 heteroatoms. The van der Waals surface area contributed by atoms with E-state index in [1.165, 1.54) is 12.1 Å². The van der Waals surface area contributed by atoms with Gasteiger partial charge in [-0.2, -0.15) is 0 Å². The molecule has 0 aliphatic heterocycles. The van der Waals surface area contributed by atoms with Gasteiger partial charge in [-0.25, -0.2) is 8.78 Å². The zero-order valence-electron chi connectivity index (χ0n) is 9.58. The van der Waals surface area contributed by atoms with E-state index in [4.69, 9.17) is 10.5 Å². The molecule has 0 aliphatic rings. The van der Waals surface area contributed by atoms with Gasteiger partial charge in [-0.1, -0.05) is 6.92 Å². The molecule has 94 valence electrons. The number of rotatable bonds is 6. The predicted octanol–water partition coefficient (Wildman–Crippen LogP) is 2.38. The summed E-state index contributed by atoms with van der Waals surface area (Å²) >= 11 is 0. The van der Waals surface area contributed by atoms with Crippen LogP contribution in [0.3, 0.4) is 0 Å². The van der Waals surface area contributed by atoms with Crippen LogP contribution in [0.15, 0.2) is 18.2 Å². The van der Waals surface area contributed by atoms with Crippen LogP contribution in [0.25, 0.3) is 0 Å². The molecule has 0 aromatic heterocycles. The third-order valence-corrected chi connectivity index (χ3v) is 2.29. The maximum Gasteiger partial charge on any atom is 0.272 e. The molecule has 1 aromatic carbocycles. The number of ketones is 1. The number of hydrogen-bond donors (Lipinski definition) is 1. The first-order valence-electron chi connectivity index (χ1n) is 5.35. The van der Waals surface area contributed by atoms with E-state index < -0.39 is 13.0 Å². The van der Waals surface area contributed by atoms with Crippen LogP contribution in [0, 0.1) is 0 Å². The summed E-state index contributed by atoms with van der Waals surface area (Å²) in [7, 11) is 0. The smallest absolute Gasteiger partial charge is 0.272 e. The second-order valence-corrected chi connectivity index (χ2v) is 3.50. The minimum absolute atomic E-state index is 0.0224. The lowest BCUT2D eigenvalue weighted by Crippen LogP contribution is -2.10. The maximum atomic E-state index is 12.0. The normalized spacial score (nSPS) is 10.6. The lowest BCUT2D eigenvalue weighted by molar-refractivity contribution is 0.0818. The van der Waals surface area contributed by atoms with Gasteiger partial charge in [0.15, 0.2) is 5.78 Å². The Morgan fingerprint density at radius 2 is 2.18 bits per heavy atom. The Labute approximate surface area is 98.6 Å². The van der Waals surface area contributed by atoms with Crippen molar-refractivity contribution < 1.29 is 18.3 Å². The zero-order valence-corrected chi connectivity index (χ0v) is 9.58. The molecule has 0 saturated carbocycles. The van der Waals surface area contributed by atoms with E-state index >= 15 is 0 Å². The molecule has 0 amide bonds. The van der Waals surface area contributed by atoms with E-state index in [0.717, 1.165) is 0 Å². The third-order valence-electron chi connectivity index (χ3n) is 2.29. The van der Waals surface area contributed by atoms with Gasteiger partial charge in [-0.15, -0.1) is 0 Å². The van der Waals surface area contributed by atoms with Crippen LogP contribution in [0.2, 0.25) is 0 Å². The van der Waals surface area contributed by atoms with Crippen molar-refractivity contribution in [1.29, 1.82) is 0 Å². The molecule has 0 saturated heterocycles.